The van der Waals surface area contributed by atoms with E-state index in [-0.39, 0.29) is 15.3 Å². The first-order valence-corrected chi connectivity index (χ1v) is 5.42. The van der Waals surface area contributed by atoms with Crippen LogP contribution in [0.1, 0.15) is 0 Å². The van der Waals surface area contributed by atoms with Crippen LogP contribution in [-0.2, 0) is 0 Å². The van der Waals surface area contributed by atoms with Crippen molar-refractivity contribution >= 4 is 20.9 Å². The minimum atomic E-state index is 0. The van der Waals surface area contributed by atoms with Crippen molar-refractivity contribution in [3.05, 3.63) is 71.1 Å². The van der Waals surface area contributed by atoms with Crippen LogP contribution in [0.4, 0.5) is 0 Å². The lowest BCUT2D eigenvalue weighted by Crippen LogP contribution is -2.04. The Labute approximate surface area is 108 Å². The fourth-order valence-corrected chi connectivity index (χ4v) is 1.89. The fourth-order valence-electron chi connectivity index (χ4n) is 1.89. The highest BCUT2D eigenvalue weighted by atomic mass is 31.0. The SMILES string of the molecule is O=c1c(-c2ccccc2)coc2ccccc12.P. The standard InChI is InChI=1S/C15H10O2.H3P/c16-15-12-8-4-5-9-14(12)17-10-13(15)11-6-2-1-3-7-11;/h1-10H;1H3. The van der Waals surface area contributed by atoms with Crippen molar-refractivity contribution < 1.29 is 4.42 Å². The number of hydrogen-bond acceptors (Lipinski definition) is 2. The molecule has 2 nitrogen and oxygen atoms in total. The summed E-state index contributed by atoms with van der Waals surface area (Å²) in [5.74, 6) is 0. The zero-order valence-electron chi connectivity index (χ0n) is 9.80. The summed E-state index contributed by atoms with van der Waals surface area (Å²) < 4.78 is 5.48. The molecule has 0 saturated heterocycles. The Morgan fingerprint density at radius 1 is 0.833 bits per heavy atom. The third kappa shape index (κ3) is 2.07. The number of benzene rings is 2. The molecule has 0 amide bonds. The van der Waals surface area contributed by atoms with E-state index in [1.165, 1.54) is 6.26 Å². The molecule has 3 aromatic rings. The third-order valence-electron chi connectivity index (χ3n) is 2.76. The molecule has 2 aromatic carbocycles. The molecule has 3 rings (SSSR count). The molecule has 0 radical (unpaired) electrons. The first-order chi connectivity index (χ1) is 8.36. The monoisotopic (exact) mass is 256 g/mol. The van der Waals surface area contributed by atoms with Crippen LogP contribution in [-0.4, -0.2) is 0 Å². The van der Waals surface area contributed by atoms with Crippen LogP contribution < -0.4 is 5.43 Å². The Hall–Kier alpha value is -1.92. The van der Waals surface area contributed by atoms with Crippen molar-refractivity contribution in [3.63, 3.8) is 0 Å². The van der Waals surface area contributed by atoms with Crippen LogP contribution in [0, 0.1) is 0 Å². The molecule has 0 saturated carbocycles. The van der Waals surface area contributed by atoms with E-state index in [0.717, 1.165) is 5.56 Å². The smallest absolute Gasteiger partial charge is 0.200 e. The zero-order chi connectivity index (χ0) is 11.7. The maximum Gasteiger partial charge on any atom is 0.200 e. The van der Waals surface area contributed by atoms with Crippen molar-refractivity contribution in [2.45, 2.75) is 0 Å². The van der Waals surface area contributed by atoms with Gasteiger partial charge in [0.1, 0.15) is 11.8 Å². The van der Waals surface area contributed by atoms with Gasteiger partial charge >= 0.3 is 0 Å². The molecule has 0 aliphatic heterocycles. The van der Waals surface area contributed by atoms with E-state index in [1.54, 1.807) is 12.1 Å². The van der Waals surface area contributed by atoms with Gasteiger partial charge in [0, 0.05) is 0 Å². The van der Waals surface area contributed by atoms with E-state index in [2.05, 4.69) is 0 Å². The first-order valence-electron chi connectivity index (χ1n) is 5.42. The van der Waals surface area contributed by atoms with Crippen molar-refractivity contribution in [2.24, 2.45) is 0 Å². The van der Waals surface area contributed by atoms with Gasteiger partial charge in [0.2, 0.25) is 0 Å². The predicted molar refractivity (Wildman–Crippen MR) is 79.0 cm³/mol. The minimum absolute atomic E-state index is 0. The van der Waals surface area contributed by atoms with Crippen molar-refractivity contribution in [1.82, 2.24) is 0 Å². The summed E-state index contributed by atoms with van der Waals surface area (Å²) in [7, 11) is 0. The Bertz CT molecular complexity index is 717. The first kappa shape index (κ1) is 12.5. The second-order valence-corrected chi connectivity index (χ2v) is 3.84. The molecule has 1 aromatic heterocycles. The molecule has 0 bridgehead atoms. The normalized spacial score (nSPS) is 10.0. The fraction of sp³-hybridized carbons (Fsp3) is 0. The number of hydrogen-bond donors (Lipinski definition) is 0. The number of fused-ring (bicyclic) bond motifs is 1. The van der Waals surface area contributed by atoms with E-state index in [1.807, 2.05) is 42.5 Å². The Kier molecular flexibility index (Phi) is 3.59. The molecule has 1 atom stereocenters. The van der Waals surface area contributed by atoms with Crippen LogP contribution in [0.2, 0.25) is 0 Å². The van der Waals surface area contributed by atoms with Gasteiger partial charge in [0.25, 0.3) is 0 Å². The molecule has 0 aliphatic carbocycles. The molecule has 90 valence electrons. The maximum absolute atomic E-state index is 12.3. The van der Waals surface area contributed by atoms with Crippen LogP contribution in [0.15, 0.2) is 70.1 Å². The van der Waals surface area contributed by atoms with E-state index in [4.69, 9.17) is 4.42 Å². The Morgan fingerprint density at radius 2 is 1.50 bits per heavy atom. The summed E-state index contributed by atoms with van der Waals surface area (Å²) >= 11 is 0. The summed E-state index contributed by atoms with van der Waals surface area (Å²) in [6.45, 7) is 0. The van der Waals surface area contributed by atoms with E-state index >= 15 is 0 Å². The highest BCUT2D eigenvalue weighted by Crippen LogP contribution is 2.18. The van der Waals surface area contributed by atoms with Crippen LogP contribution in [0.3, 0.4) is 0 Å². The molecular weight excluding hydrogens is 243 g/mol. The average molecular weight is 256 g/mol. The van der Waals surface area contributed by atoms with Crippen LogP contribution >= 0.6 is 9.90 Å². The molecular formula is C15H13O2P. The quantitative estimate of drug-likeness (QED) is 0.623. The lowest BCUT2D eigenvalue weighted by atomic mass is 10.1. The zero-order valence-corrected chi connectivity index (χ0v) is 11.2. The third-order valence-corrected chi connectivity index (χ3v) is 2.76. The van der Waals surface area contributed by atoms with Crippen molar-refractivity contribution in [3.8, 4) is 11.1 Å². The van der Waals surface area contributed by atoms with Gasteiger partial charge in [-0.25, -0.2) is 0 Å². The summed E-state index contributed by atoms with van der Waals surface area (Å²) in [6, 6.07) is 16.8. The summed E-state index contributed by atoms with van der Waals surface area (Å²) in [6.07, 6.45) is 1.53. The van der Waals surface area contributed by atoms with Gasteiger partial charge in [-0.15, -0.1) is 0 Å². The lowest BCUT2D eigenvalue weighted by molar-refractivity contribution is 0.604. The van der Waals surface area contributed by atoms with Gasteiger partial charge in [-0.05, 0) is 17.7 Å². The summed E-state index contributed by atoms with van der Waals surface area (Å²) in [5, 5.41) is 0.619. The highest BCUT2D eigenvalue weighted by Gasteiger charge is 2.07. The van der Waals surface area contributed by atoms with Crippen molar-refractivity contribution in [1.29, 1.82) is 0 Å². The maximum atomic E-state index is 12.3. The highest BCUT2D eigenvalue weighted by molar-refractivity contribution is 6.92. The molecule has 1 unspecified atom stereocenters. The molecule has 0 aliphatic rings. The molecule has 0 N–H and O–H groups in total. The van der Waals surface area contributed by atoms with Gasteiger partial charge in [0.05, 0.1) is 10.9 Å². The second kappa shape index (κ2) is 5.16. The van der Waals surface area contributed by atoms with Crippen LogP contribution in [0.25, 0.3) is 22.1 Å². The summed E-state index contributed by atoms with van der Waals surface area (Å²) in [5.41, 5.74) is 2.12. The van der Waals surface area contributed by atoms with Crippen LogP contribution in [0.5, 0.6) is 0 Å². The molecule has 3 heteroatoms. The number of rotatable bonds is 1. The molecule has 0 fully saturated rings. The van der Waals surface area contributed by atoms with Gasteiger partial charge in [0.15, 0.2) is 5.43 Å². The summed E-state index contributed by atoms with van der Waals surface area (Å²) in [4.78, 5) is 12.3. The van der Waals surface area contributed by atoms with Gasteiger partial charge < -0.3 is 4.42 Å². The van der Waals surface area contributed by atoms with Gasteiger partial charge in [-0.1, -0.05) is 42.5 Å². The largest absolute Gasteiger partial charge is 0.463 e. The molecule has 0 spiro atoms. The second-order valence-electron chi connectivity index (χ2n) is 3.84. The Morgan fingerprint density at radius 3 is 2.28 bits per heavy atom. The van der Waals surface area contributed by atoms with Gasteiger partial charge in [-0.2, -0.15) is 9.90 Å². The van der Waals surface area contributed by atoms with Gasteiger partial charge in [-0.3, -0.25) is 4.79 Å². The minimum Gasteiger partial charge on any atom is -0.463 e. The lowest BCUT2D eigenvalue weighted by Gasteiger charge is -2.01. The topological polar surface area (TPSA) is 30.2 Å². The van der Waals surface area contributed by atoms with E-state index in [9.17, 15) is 4.79 Å². The van der Waals surface area contributed by atoms with Crippen molar-refractivity contribution in [2.75, 3.05) is 0 Å². The Balaban J connectivity index is 0.00000120. The predicted octanol–water partition coefficient (Wildman–Crippen LogP) is 3.52. The number of para-hydroxylation sites is 1. The molecule has 1 heterocycles. The molecule has 18 heavy (non-hydrogen) atoms. The average Bonchev–Trinajstić information content (AvgIpc) is 2.40. The van der Waals surface area contributed by atoms with E-state index < -0.39 is 0 Å². The van der Waals surface area contributed by atoms with E-state index in [0.29, 0.717) is 16.5 Å².